The third-order valence-electron chi connectivity index (χ3n) is 4.96. The lowest BCUT2D eigenvalue weighted by Gasteiger charge is -2.37. The molecule has 0 bridgehead atoms. The fourth-order valence-corrected chi connectivity index (χ4v) is 4.52. The molecule has 1 aromatic heterocycles. The van der Waals surface area contributed by atoms with Crippen LogP contribution in [0.1, 0.15) is 49.0 Å². The minimum atomic E-state index is -0.892. The second-order valence-corrected chi connectivity index (χ2v) is 8.85. The molecule has 6 nitrogen and oxygen atoms in total. The van der Waals surface area contributed by atoms with E-state index in [1.165, 1.54) is 18.4 Å². The van der Waals surface area contributed by atoms with Gasteiger partial charge in [-0.3, -0.25) is 9.59 Å². The van der Waals surface area contributed by atoms with E-state index in [4.69, 9.17) is 9.47 Å². The number of fused-ring (bicyclic) bond motifs is 1. The van der Waals surface area contributed by atoms with Crippen molar-refractivity contribution in [1.29, 1.82) is 0 Å². The number of amides is 2. The summed E-state index contributed by atoms with van der Waals surface area (Å²) in [5.41, 5.74) is -0.0253. The maximum atomic E-state index is 12.9. The molecule has 2 amide bonds. The highest BCUT2D eigenvalue weighted by Crippen LogP contribution is 2.38. The van der Waals surface area contributed by atoms with Gasteiger partial charge in [-0.2, -0.15) is 0 Å². The number of morpholine rings is 1. The first kappa shape index (κ1) is 20.8. The molecule has 1 aromatic carbocycles. The number of benzene rings is 1. The quantitative estimate of drug-likeness (QED) is 0.830. The molecule has 7 heteroatoms. The predicted molar refractivity (Wildman–Crippen MR) is 111 cm³/mol. The number of thiophene rings is 1. The summed E-state index contributed by atoms with van der Waals surface area (Å²) in [7, 11) is 1.54. The first-order chi connectivity index (χ1) is 13.2. The number of methoxy groups -OCH3 is 1. The zero-order valence-corrected chi connectivity index (χ0v) is 17.9. The van der Waals surface area contributed by atoms with Gasteiger partial charge in [0.25, 0.3) is 11.8 Å². The van der Waals surface area contributed by atoms with Gasteiger partial charge in [0.2, 0.25) is 0 Å². The molecule has 1 saturated heterocycles. The number of ether oxygens (including phenoxy) is 2. The summed E-state index contributed by atoms with van der Waals surface area (Å²) in [5.74, 6) is -0.175. The average Bonchev–Trinajstić information content (AvgIpc) is 3.06. The molecule has 3 rings (SSSR count). The van der Waals surface area contributed by atoms with E-state index in [0.717, 1.165) is 15.6 Å². The van der Waals surface area contributed by atoms with Crippen LogP contribution < -0.4 is 5.32 Å². The van der Waals surface area contributed by atoms with E-state index in [9.17, 15) is 9.59 Å². The van der Waals surface area contributed by atoms with Crippen LogP contribution in [0.4, 0.5) is 0 Å². The van der Waals surface area contributed by atoms with Gasteiger partial charge in [-0.25, -0.2) is 0 Å². The summed E-state index contributed by atoms with van der Waals surface area (Å²) in [6.45, 7) is 8.74. The zero-order chi connectivity index (χ0) is 20.5. The van der Waals surface area contributed by atoms with Crippen LogP contribution in [0, 0.1) is 0 Å². The molecule has 2 aromatic rings. The van der Waals surface area contributed by atoms with Gasteiger partial charge in [0.1, 0.15) is 11.7 Å². The van der Waals surface area contributed by atoms with Crippen LogP contribution in [0.3, 0.4) is 0 Å². The van der Waals surface area contributed by atoms with Gasteiger partial charge in [-0.15, -0.1) is 11.3 Å². The van der Waals surface area contributed by atoms with Crippen molar-refractivity contribution in [3.05, 3.63) is 34.7 Å². The number of nitrogens with one attached hydrogen (secondary N) is 1. The number of nitrogens with zero attached hydrogens (tertiary/aromatic N) is 1. The van der Waals surface area contributed by atoms with Gasteiger partial charge in [-0.1, -0.05) is 18.2 Å². The van der Waals surface area contributed by atoms with Crippen molar-refractivity contribution in [2.45, 2.75) is 45.4 Å². The molecule has 1 fully saturated rings. The molecule has 0 aliphatic carbocycles. The summed E-state index contributed by atoms with van der Waals surface area (Å²) in [5, 5.41) is 3.99. The highest BCUT2D eigenvalue weighted by atomic mass is 32.1. The van der Waals surface area contributed by atoms with E-state index < -0.39 is 5.60 Å². The van der Waals surface area contributed by atoms with Crippen molar-refractivity contribution in [1.82, 2.24) is 10.2 Å². The van der Waals surface area contributed by atoms with Crippen molar-refractivity contribution >= 4 is 33.2 Å². The highest BCUT2D eigenvalue weighted by molar-refractivity contribution is 7.21. The topological polar surface area (TPSA) is 67.9 Å². The third-order valence-corrected chi connectivity index (χ3v) is 6.15. The molecule has 28 heavy (non-hydrogen) atoms. The average molecular weight is 405 g/mol. The van der Waals surface area contributed by atoms with E-state index in [1.54, 1.807) is 18.7 Å². The third kappa shape index (κ3) is 4.06. The van der Waals surface area contributed by atoms with Crippen LogP contribution in [0.5, 0.6) is 0 Å². The molecule has 0 saturated carbocycles. The Bertz CT molecular complexity index is 874. The molecule has 0 radical (unpaired) electrons. The summed E-state index contributed by atoms with van der Waals surface area (Å²) in [6.07, 6.45) is -0.352. The van der Waals surface area contributed by atoms with E-state index in [0.29, 0.717) is 24.6 Å². The van der Waals surface area contributed by atoms with Crippen molar-refractivity contribution in [3.63, 3.8) is 0 Å². The second kappa shape index (κ2) is 8.19. The Balaban J connectivity index is 1.97. The van der Waals surface area contributed by atoms with Crippen LogP contribution in [0.15, 0.2) is 24.3 Å². The first-order valence-electron chi connectivity index (χ1n) is 9.53. The molecule has 2 heterocycles. The summed E-state index contributed by atoms with van der Waals surface area (Å²) in [4.78, 5) is 28.1. The Kier molecular flexibility index (Phi) is 6.07. The Hall–Kier alpha value is -1.96. The van der Waals surface area contributed by atoms with Crippen molar-refractivity contribution < 1.29 is 19.1 Å². The lowest BCUT2D eigenvalue weighted by atomic mass is 10.0. The summed E-state index contributed by atoms with van der Waals surface area (Å²) in [6, 6.07) is 7.98. The van der Waals surface area contributed by atoms with Gasteiger partial charge in [0, 0.05) is 30.0 Å². The van der Waals surface area contributed by atoms with Crippen molar-refractivity contribution in [3.8, 4) is 0 Å². The Morgan fingerprint density at radius 3 is 2.71 bits per heavy atom. The molecule has 1 aliphatic heterocycles. The molecular formula is C21H28N2O4S. The minimum Gasteiger partial charge on any atom is -0.370 e. The SMILES string of the molecule is COC(C)(C)C(=O)N1CCOC(c2c(C(=O)NC(C)C)sc3ccccc23)C1. The van der Waals surface area contributed by atoms with Gasteiger partial charge < -0.3 is 19.7 Å². The smallest absolute Gasteiger partial charge is 0.261 e. The van der Waals surface area contributed by atoms with Crippen LogP contribution in [-0.2, 0) is 14.3 Å². The maximum Gasteiger partial charge on any atom is 0.261 e. The lowest BCUT2D eigenvalue weighted by Crippen LogP contribution is -2.51. The first-order valence-corrected chi connectivity index (χ1v) is 10.3. The van der Waals surface area contributed by atoms with Gasteiger partial charge in [0.15, 0.2) is 0 Å². The van der Waals surface area contributed by atoms with Crippen molar-refractivity contribution in [2.24, 2.45) is 0 Å². The molecular weight excluding hydrogens is 376 g/mol. The maximum absolute atomic E-state index is 12.9. The number of hydrogen-bond donors (Lipinski definition) is 1. The number of carbonyl (C=O) groups excluding carboxylic acids is 2. The van der Waals surface area contributed by atoms with E-state index in [1.807, 2.05) is 38.1 Å². The fourth-order valence-electron chi connectivity index (χ4n) is 3.36. The monoisotopic (exact) mass is 404 g/mol. The largest absolute Gasteiger partial charge is 0.370 e. The van der Waals surface area contributed by atoms with Crippen LogP contribution in [0.25, 0.3) is 10.1 Å². The van der Waals surface area contributed by atoms with Crippen LogP contribution in [0.2, 0.25) is 0 Å². The molecule has 1 N–H and O–H groups in total. The summed E-state index contributed by atoms with van der Waals surface area (Å²) < 4.78 is 12.4. The standard InChI is InChI=1S/C21H28N2O4S/c1-13(2)22-19(24)18-17(14-8-6-7-9-16(14)28-18)15-12-23(10-11-27-15)20(25)21(3,4)26-5/h6-9,13,15H,10-12H2,1-5H3,(H,22,24). The Morgan fingerprint density at radius 1 is 1.32 bits per heavy atom. The number of carbonyl (C=O) groups is 2. The molecule has 1 unspecified atom stereocenters. The van der Waals surface area contributed by atoms with Gasteiger partial charge in [-0.05, 0) is 39.1 Å². The Labute approximate surface area is 169 Å². The molecule has 1 atom stereocenters. The summed E-state index contributed by atoms with van der Waals surface area (Å²) >= 11 is 1.47. The fraction of sp³-hybridized carbons (Fsp3) is 0.524. The number of hydrogen-bond acceptors (Lipinski definition) is 5. The van der Waals surface area contributed by atoms with Crippen molar-refractivity contribution in [2.75, 3.05) is 26.8 Å². The van der Waals surface area contributed by atoms with E-state index in [2.05, 4.69) is 5.32 Å². The molecule has 0 spiro atoms. The van der Waals surface area contributed by atoms with Crippen LogP contribution in [-0.4, -0.2) is 55.2 Å². The number of rotatable bonds is 5. The van der Waals surface area contributed by atoms with E-state index >= 15 is 0 Å². The molecule has 152 valence electrons. The van der Waals surface area contributed by atoms with Gasteiger partial charge >= 0.3 is 0 Å². The highest BCUT2D eigenvalue weighted by Gasteiger charge is 2.37. The normalized spacial score (nSPS) is 17.9. The van der Waals surface area contributed by atoms with Crippen LogP contribution >= 0.6 is 11.3 Å². The molecule has 1 aliphatic rings. The minimum absolute atomic E-state index is 0.0402. The Morgan fingerprint density at radius 2 is 2.04 bits per heavy atom. The zero-order valence-electron chi connectivity index (χ0n) is 17.1. The van der Waals surface area contributed by atoms with Gasteiger partial charge in [0.05, 0.1) is 18.0 Å². The second-order valence-electron chi connectivity index (χ2n) is 7.79. The lowest BCUT2D eigenvalue weighted by molar-refractivity contribution is -0.158. The predicted octanol–water partition coefficient (Wildman–Crippen LogP) is 3.36. The van der Waals surface area contributed by atoms with E-state index in [-0.39, 0.29) is 24.0 Å².